The maximum absolute atomic E-state index is 13.2. The van der Waals surface area contributed by atoms with Gasteiger partial charge in [-0.3, -0.25) is 10.8 Å². The quantitative estimate of drug-likeness (QED) is 0.432. The molecule has 2 rings (SSSR count). The van der Waals surface area contributed by atoms with Crippen LogP contribution in [-0.4, -0.2) is 4.98 Å². The molecule has 0 saturated carbocycles. The van der Waals surface area contributed by atoms with Crippen molar-refractivity contribution in [2.75, 3.05) is 5.43 Å². The third kappa shape index (κ3) is 1.39. The average molecular weight is 213 g/mol. The average Bonchev–Trinajstić information content (AvgIpc) is 2.25. The van der Waals surface area contributed by atoms with E-state index >= 15 is 0 Å². The summed E-state index contributed by atoms with van der Waals surface area (Å²) >= 11 is 0. The van der Waals surface area contributed by atoms with Crippen LogP contribution in [0.2, 0.25) is 0 Å². The molecule has 78 valence electrons. The smallest absolute Gasteiger partial charge is 0.196 e. The first-order valence-corrected chi connectivity index (χ1v) is 4.04. The fourth-order valence-corrected chi connectivity index (χ4v) is 1.32. The van der Waals surface area contributed by atoms with Gasteiger partial charge in [0.15, 0.2) is 17.5 Å². The molecular weight excluding hydrogens is 207 g/mol. The van der Waals surface area contributed by atoms with Gasteiger partial charge in [-0.05, 0) is 12.1 Å². The molecule has 1 aromatic heterocycles. The molecule has 0 aliphatic rings. The number of nitrogens with two attached hydrogens (primary N) is 1. The van der Waals surface area contributed by atoms with Gasteiger partial charge in [0, 0.05) is 11.6 Å². The van der Waals surface area contributed by atoms with E-state index in [1.807, 2.05) is 0 Å². The summed E-state index contributed by atoms with van der Waals surface area (Å²) in [5.74, 6) is 1.01. The van der Waals surface area contributed by atoms with Crippen molar-refractivity contribution in [2.24, 2.45) is 5.84 Å². The number of aromatic nitrogens is 1. The Morgan fingerprint density at radius 2 is 1.93 bits per heavy atom. The lowest BCUT2D eigenvalue weighted by atomic mass is 10.1. The van der Waals surface area contributed by atoms with Crippen LogP contribution in [0.1, 0.15) is 0 Å². The van der Waals surface area contributed by atoms with Gasteiger partial charge in [0.2, 0.25) is 0 Å². The minimum absolute atomic E-state index is 0.0939. The zero-order chi connectivity index (χ0) is 11.0. The highest BCUT2D eigenvalue weighted by Crippen LogP contribution is 2.26. The normalized spacial score (nSPS) is 10.7. The van der Waals surface area contributed by atoms with Crippen LogP contribution in [-0.2, 0) is 0 Å². The van der Waals surface area contributed by atoms with Gasteiger partial charge in [-0.2, -0.15) is 0 Å². The molecule has 0 spiro atoms. The zero-order valence-corrected chi connectivity index (χ0v) is 7.39. The SMILES string of the molecule is NNc1ccnc2c(F)c(F)c(F)cc12. The third-order valence-electron chi connectivity index (χ3n) is 2.03. The van der Waals surface area contributed by atoms with E-state index in [4.69, 9.17) is 5.84 Å². The Morgan fingerprint density at radius 1 is 1.20 bits per heavy atom. The molecule has 15 heavy (non-hydrogen) atoms. The van der Waals surface area contributed by atoms with E-state index in [2.05, 4.69) is 10.4 Å². The van der Waals surface area contributed by atoms with E-state index in [1.165, 1.54) is 12.3 Å². The van der Waals surface area contributed by atoms with E-state index in [-0.39, 0.29) is 16.6 Å². The highest BCUT2D eigenvalue weighted by Gasteiger charge is 2.15. The number of nitrogens with one attached hydrogen (secondary N) is 1. The lowest BCUT2D eigenvalue weighted by molar-refractivity contribution is 0.452. The number of nitrogen functional groups attached to an aromatic ring is 1. The molecule has 0 radical (unpaired) electrons. The topological polar surface area (TPSA) is 50.9 Å². The predicted molar refractivity (Wildman–Crippen MR) is 49.4 cm³/mol. The van der Waals surface area contributed by atoms with Gasteiger partial charge in [-0.15, -0.1) is 0 Å². The Hall–Kier alpha value is -1.82. The van der Waals surface area contributed by atoms with Crippen molar-refractivity contribution >= 4 is 16.6 Å². The first-order valence-electron chi connectivity index (χ1n) is 4.04. The number of anilines is 1. The number of nitrogens with zero attached hydrogens (tertiary/aromatic N) is 1. The number of rotatable bonds is 1. The minimum Gasteiger partial charge on any atom is -0.323 e. The molecule has 0 aliphatic carbocycles. The van der Waals surface area contributed by atoms with E-state index in [1.54, 1.807) is 0 Å². The number of pyridine rings is 1. The molecule has 1 heterocycles. The molecule has 2 aromatic rings. The number of halogens is 3. The summed E-state index contributed by atoms with van der Waals surface area (Å²) in [5.41, 5.74) is 2.26. The Kier molecular flexibility index (Phi) is 2.20. The van der Waals surface area contributed by atoms with Crippen LogP contribution < -0.4 is 11.3 Å². The van der Waals surface area contributed by atoms with Crippen molar-refractivity contribution in [1.29, 1.82) is 0 Å². The van der Waals surface area contributed by atoms with Crippen molar-refractivity contribution in [1.82, 2.24) is 4.98 Å². The van der Waals surface area contributed by atoms with Crippen LogP contribution >= 0.6 is 0 Å². The van der Waals surface area contributed by atoms with Gasteiger partial charge in [0.1, 0.15) is 5.52 Å². The summed E-state index contributed by atoms with van der Waals surface area (Å²) in [4.78, 5) is 3.61. The molecule has 0 unspecified atom stereocenters. The second-order valence-corrected chi connectivity index (χ2v) is 2.89. The number of hydrogen-bond acceptors (Lipinski definition) is 3. The Labute approximate surface area is 82.7 Å². The third-order valence-corrected chi connectivity index (χ3v) is 2.03. The molecular formula is C9H6F3N3. The van der Waals surface area contributed by atoms with Crippen LogP contribution in [0.5, 0.6) is 0 Å². The molecule has 0 fully saturated rings. The highest BCUT2D eigenvalue weighted by atomic mass is 19.2. The van der Waals surface area contributed by atoms with E-state index in [0.717, 1.165) is 6.07 Å². The van der Waals surface area contributed by atoms with Gasteiger partial charge >= 0.3 is 0 Å². The van der Waals surface area contributed by atoms with Crippen molar-refractivity contribution in [3.8, 4) is 0 Å². The minimum atomic E-state index is -1.54. The molecule has 0 atom stereocenters. The number of fused-ring (bicyclic) bond motifs is 1. The Morgan fingerprint density at radius 3 is 2.60 bits per heavy atom. The highest BCUT2D eigenvalue weighted by molar-refractivity contribution is 5.91. The fourth-order valence-electron chi connectivity index (χ4n) is 1.32. The van der Waals surface area contributed by atoms with Crippen molar-refractivity contribution in [3.63, 3.8) is 0 Å². The number of hydrogen-bond donors (Lipinski definition) is 2. The molecule has 6 heteroatoms. The Balaban J connectivity index is 2.91. The van der Waals surface area contributed by atoms with Crippen LogP contribution in [0.25, 0.3) is 10.9 Å². The molecule has 1 aromatic carbocycles. The molecule has 0 amide bonds. The van der Waals surface area contributed by atoms with Crippen LogP contribution in [0.3, 0.4) is 0 Å². The van der Waals surface area contributed by atoms with Crippen LogP contribution in [0, 0.1) is 17.5 Å². The number of benzene rings is 1. The van der Waals surface area contributed by atoms with E-state index in [0.29, 0.717) is 0 Å². The molecule has 0 aliphatic heterocycles. The largest absolute Gasteiger partial charge is 0.323 e. The molecule has 3 nitrogen and oxygen atoms in total. The summed E-state index contributed by atoms with van der Waals surface area (Å²) in [6, 6.07) is 2.27. The second kappa shape index (κ2) is 3.39. The second-order valence-electron chi connectivity index (χ2n) is 2.89. The van der Waals surface area contributed by atoms with Gasteiger partial charge < -0.3 is 5.43 Å². The Bertz CT molecular complexity index is 527. The van der Waals surface area contributed by atoms with Crippen molar-refractivity contribution in [3.05, 3.63) is 35.8 Å². The molecule has 3 N–H and O–H groups in total. The van der Waals surface area contributed by atoms with Gasteiger partial charge in [0.05, 0.1) is 5.69 Å². The molecule has 0 bridgehead atoms. The first kappa shape index (κ1) is 9.72. The summed E-state index contributed by atoms with van der Waals surface area (Å²) in [6.07, 6.45) is 1.25. The van der Waals surface area contributed by atoms with Gasteiger partial charge in [-0.25, -0.2) is 13.2 Å². The summed E-state index contributed by atoms with van der Waals surface area (Å²) in [6.45, 7) is 0. The van der Waals surface area contributed by atoms with Crippen LogP contribution in [0.15, 0.2) is 18.3 Å². The summed E-state index contributed by atoms with van der Waals surface area (Å²) in [5, 5.41) is 0.0939. The maximum Gasteiger partial charge on any atom is 0.196 e. The van der Waals surface area contributed by atoms with Crippen molar-refractivity contribution < 1.29 is 13.2 Å². The monoisotopic (exact) mass is 213 g/mol. The first-order chi connectivity index (χ1) is 7.15. The van der Waals surface area contributed by atoms with Gasteiger partial charge in [0.25, 0.3) is 0 Å². The fraction of sp³-hybridized carbons (Fsp3) is 0. The lowest BCUT2D eigenvalue weighted by Gasteiger charge is -2.06. The van der Waals surface area contributed by atoms with Crippen LogP contribution in [0.4, 0.5) is 18.9 Å². The van der Waals surface area contributed by atoms with E-state index < -0.39 is 17.5 Å². The standard InChI is InChI=1S/C9H6F3N3/c10-5-3-4-6(15-13)1-2-14-9(4)8(12)7(5)11/h1-3H,13H2,(H,14,15). The lowest BCUT2D eigenvalue weighted by Crippen LogP contribution is -2.08. The van der Waals surface area contributed by atoms with Gasteiger partial charge in [-0.1, -0.05) is 0 Å². The van der Waals surface area contributed by atoms with Crippen molar-refractivity contribution in [2.45, 2.75) is 0 Å². The number of hydrazine groups is 1. The summed E-state index contributed by atoms with van der Waals surface area (Å²) in [7, 11) is 0. The molecule has 0 saturated heterocycles. The maximum atomic E-state index is 13.2. The summed E-state index contributed by atoms with van der Waals surface area (Å²) < 4.78 is 39.0. The predicted octanol–water partition coefficient (Wildman–Crippen LogP) is 1.94. The van der Waals surface area contributed by atoms with E-state index in [9.17, 15) is 13.2 Å². The zero-order valence-electron chi connectivity index (χ0n) is 7.39.